The Morgan fingerprint density at radius 3 is 2.73 bits per heavy atom. The molecule has 2 N–H and O–H groups in total. The number of carbonyl (C=O) groups is 1. The Balaban J connectivity index is 1.79. The summed E-state index contributed by atoms with van der Waals surface area (Å²) in [4.78, 5) is 15.5. The quantitative estimate of drug-likeness (QED) is 0.756. The highest BCUT2D eigenvalue weighted by molar-refractivity contribution is 6.32. The predicted molar refractivity (Wildman–Crippen MR) is 92.2 cm³/mol. The Morgan fingerprint density at radius 2 is 2.08 bits per heavy atom. The lowest BCUT2D eigenvalue weighted by atomic mass is 10.2. The minimum atomic E-state index is -4.50. The average molecular weight is 388 g/mol. The molecule has 1 aromatic carbocycles. The van der Waals surface area contributed by atoms with Crippen LogP contribution in [0.4, 0.5) is 19.0 Å². The number of hydrogen-bond donors (Lipinski definition) is 2. The van der Waals surface area contributed by atoms with Crippen LogP contribution in [0.2, 0.25) is 5.02 Å². The van der Waals surface area contributed by atoms with Crippen LogP contribution in [-0.4, -0.2) is 24.5 Å². The molecule has 0 aliphatic heterocycles. The molecular formula is C17H17ClF3N3O2. The van der Waals surface area contributed by atoms with Gasteiger partial charge >= 0.3 is 6.18 Å². The third-order valence-electron chi connectivity index (χ3n) is 3.44. The van der Waals surface area contributed by atoms with E-state index in [0.29, 0.717) is 18.5 Å². The first-order valence-corrected chi connectivity index (χ1v) is 8.03. The lowest BCUT2D eigenvalue weighted by molar-refractivity contribution is -0.137. The van der Waals surface area contributed by atoms with Crippen LogP contribution < -0.4 is 15.4 Å². The van der Waals surface area contributed by atoms with Gasteiger partial charge in [0.15, 0.2) is 0 Å². The van der Waals surface area contributed by atoms with Crippen LogP contribution in [0.15, 0.2) is 36.5 Å². The van der Waals surface area contributed by atoms with E-state index in [1.54, 1.807) is 13.2 Å². The molecule has 5 nitrogen and oxygen atoms in total. The number of nitrogens with zero attached hydrogens (tertiary/aromatic N) is 1. The van der Waals surface area contributed by atoms with Gasteiger partial charge < -0.3 is 15.4 Å². The number of rotatable bonds is 7. The largest absolute Gasteiger partial charge is 0.497 e. The second kappa shape index (κ2) is 8.75. The monoisotopic (exact) mass is 387 g/mol. The zero-order chi connectivity index (χ0) is 19.2. The van der Waals surface area contributed by atoms with Crippen molar-refractivity contribution in [2.24, 2.45) is 0 Å². The molecule has 0 radical (unpaired) electrons. The number of pyridine rings is 1. The van der Waals surface area contributed by atoms with Crippen molar-refractivity contribution in [2.75, 3.05) is 19.0 Å². The molecule has 1 aromatic heterocycles. The van der Waals surface area contributed by atoms with Crippen molar-refractivity contribution in [3.8, 4) is 5.75 Å². The van der Waals surface area contributed by atoms with Crippen LogP contribution >= 0.6 is 11.6 Å². The summed E-state index contributed by atoms with van der Waals surface area (Å²) in [6.07, 6.45) is -3.70. The first-order chi connectivity index (χ1) is 12.3. The van der Waals surface area contributed by atoms with Crippen LogP contribution in [0.3, 0.4) is 0 Å². The van der Waals surface area contributed by atoms with E-state index in [4.69, 9.17) is 16.3 Å². The molecule has 2 rings (SSSR count). The molecule has 0 unspecified atom stereocenters. The van der Waals surface area contributed by atoms with Gasteiger partial charge in [0.25, 0.3) is 0 Å². The molecule has 0 aliphatic carbocycles. The van der Waals surface area contributed by atoms with E-state index in [-0.39, 0.29) is 29.7 Å². The van der Waals surface area contributed by atoms with Gasteiger partial charge in [-0.2, -0.15) is 13.2 Å². The Labute approximate surface area is 153 Å². The van der Waals surface area contributed by atoms with Gasteiger partial charge in [0.05, 0.1) is 17.7 Å². The molecule has 0 bridgehead atoms. The molecule has 140 valence electrons. The third-order valence-corrected chi connectivity index (χ3v) is 3.72. The molecule has 0 fully saturated rings. The summed E-state index contributed by atoms with van der Waals surface area (Å²) >= 11 is 5.78. The molecule has 26 heavy (non-hydrogen) atoms. The second-order valence-corrected chi connectivity index (χ2v) is 5.76. The average Bonchev–Trinajstić information content (AvgIpc) is 2.60. The van der Waals surface area contributed by atoms with E-state index < -0.39 is 11.7 Å². The van der Waals surface area contributed by atoms with Crippen LogP contribution in [0.5, 0.6) is 5.75 Å². The van der Waals surface area contributed by atoms with Crippen molar-refractivity contribution in [2.45, 2.75) is 19.1 Å². The SMILES string of the molecule is COc1cccc(CNC(=O)CCNc2ncc(C(F)(F)F)cc2Cl)c1. The molecule has 1 amide bonds. The number of aromatic nitrogens is 1. The zero-order valence-electron chi connectivity index (χ0n) is 13.9. The van der Waals surface area contributed by atoms with E-state index in [1.165, 1.54) is 0 Å². The Morgan fingerprint density at radius 1 is 1.31 bits per heavy atom. The molecule has 0 aliphatic rings. The van der Waals surface area contributed by atoms with E-state index in [1.807, 2.05) is 18.2 Å². The van der Waals surface area contributed by atoms with E-state index in [0.717, 1.165) is 11.6 Å². The van der Waals surface area contributed by atoms with Crippen LogP contribution in [0.1, 0.15) is 17.5 Å². The van der Waals surface area contributed by atoms with Gasteiger partial charge in [-0.25, -0.2) is 4.98 Å². The zero-order valence-corrected chi connectivity index (χ0v) is 14.6. The maximum atomic E-state index is 12.6. The molecule has 0 saturated heterocycles. The van der Waals surface area contributed by atoms with Gasteiger partial charge in [-0.1, -0.05) is 23.7 Å². The van der Waals surface area contributed by atoms with Gasteiger partial charge in [0, 0.05) is 25.7 Å². The number of amides is 1. The van der Waals surface area contributed by atoms with Crippen molar-refractivity contribution >= 4 is 23.3 Å². The maximum Gasteiger partial charge on any atom is 0.417 e. The highest BCUT2D eigenvalue weighted by Crippen LogP contribution is 2.32. The summed E-state index contributed by atoms with van der Waals surface area (Å²) in [7, 11) is 1.56. The fourth-order valence-electron chi connectivity index (χ4n) is 2.09. The predicted octanol–water partition coefficient (Wildman–Crippen LogP) is 3.88. The van der Waals surface area contributed by atoms with Crippen molar-refractivity contribution < 1.29 is 22.7 Å². The number of hydrogen-bond acceptors (Lipinski definition) is 4. The molecule has 0 spiro atoms. The number of nitrogens with one attached hydrogen (secondary N) is 2. The minimum absolute atomic E-state index is 0.0975. The van der Waals surface area contributed by atoms with Gasteiger partial charge in [-0.3, -0.25) is 4.79 Å². The van der Waals surface area contributed by atoms with Gasteiger partial charge in [0.2, 0.25) is 5.91 Å². The van der Waals surface area contributed by atoms with Crippen molar-refractivity contribution in [1.29, 1.82) is 0 Å². The minimum Gasteiger partial charge on any atom is -0.497 e. The van der Waals surface area contributed by atoms with Gasteiger partial charge in [-0.15, -0.1) is 0 Å². The van der Waals surface area contributed by atoms with Crippen molar-refractivity contribution in [3.63, 3.8) is 0 Å². The van der Waals surface area contributed by atoms with Crippen LogP contribution in [0.25, 0.3) is 0 Å². The molecule has 2 aromatic rings. The summed E-state index contributed by atoms with van der Waals surface area (Å²) in [6, 6.07) is 8.08. The number of ether oxygens (including phenoxy) is 1. The number of alkyl halides is 3. The Hall–Kier alpha value is -2.48. The fraction of sp³-hybridized carbons (Fsp3) is 0.294. The highest BCUT2D eigenvalue weighted by atomic mass is 35.5. The van der Waals surface area contributed by atoms with Crippen molar-refractivity contribution in [1.82, 2.24) is 10.3 Å². The lowest BCUT2D eigenvalue weighted by Gasteiger charge is -2.11. The highest BCUT2D eigenvalue weighted by Gasteiger charge is 2.31. The summed E-state index contributed by atoms with van der Waals surface area (Å²) in [5, 5.41) is 5.34. The maximum absolute atomic E-state index is 12.6. The smallest absolute Gasteiger partial charge is 0.417 e. The third kappa shape index (κ3) is 5.80. The molecule has 1 heterocycles. The molecule has 9 heteroatoms. The first kappa shape index (κ1) is 19.8. The first-order valence-electron chi connectivity index (χ1n) is 7.66. The normalized spacial score (nSPS) is 11.1. The summed E-state index contributed by atoms with van der Waals surface area (Å²) in [6.45, 7) is 0.525. The molecular weight excluding hydrogens is 371 g/mol. The number of methoxy groups -OCH3 is 1. The molecule has 0 saturated carbocycles. The number of benzene rings is 1. The number of anilines is 1. The van der Waals surface area contributed by atoms with E-state index >= 15 is 0 Å². The summed E-state index contributed by atoms with van der Waals surface area (Å²) < 4.78 is 42.8. The number of halogens is 4. The molecule has 0 atom stereocenters. The standard InChI is InChI=1S/C17H17ClF3N3O2/c1-26-13-4-2-3-11(7-13)9-23-15(25)5-6-22-16-14(18)8-12(10-24-16)17(19,20)21/h2-4,7-8,10H,5-6,9H2,1H3,(H,22,24)(H,23,25). The van der Waals surface area contributed by atoms with Crippen LogP contribution in [0, 0.1) is 0 Å². The van der Waals surface area contributed by atoms with E-state index in [2.05, 4.69) is 15.6 Å². The Kier molecular flexibility index (Phi) is 6.68. The number of carbonyl (C=O) groups excluding carboxylic acids is 1. The topological polar surface area (TPSA) is 63.2 Å². The van der Waals surface area contributed by atoms with Gasteiger partial charge in [-0.05, 0) is 23.8 Å². The summed E-state index contributed by atoms with van der Waals surface area (Å²) in [5.74, 6) is 0.574. The Bertz CT molecular complexity index is 769. The fourth-order valence-corrected chi connectivity index (χ4v) is 2.32. The second-order valence-electron chi connectivity index (χ2n) is 5.36. The van der Waals surface area contributed by atoms with E-state index in [9.17, 15) is 18.0 Å². The lowest BCUT2D eigenvalue weighted by Crippen LogP contribution is -2.25. The van der Waals surface area contributed by atoms with Crippen LogP contribution in [-0.2, 0) is 17.5 Å². The van der Waals surface area contributed by atoms with Gasteiger partial charge in [0.1, 0.15) is 11.6 Å². The van der Waals surface area contributed by atoms with Crippen molar-refractivity contribution in [3.05, 3.63) is 52.7 Å². The summed E-state index contributed by atoms with van der Waals surface area (Å²) in [5.41, 5.74) is -0.0396.